The molecule has 3 N–H and O–H groups in total. The van der Waals surface area contributed by atoms with E-state index in [1.165, 1.54) is 26.2 Å². The van der Waals surface area contributed by atoms with Crippen LogP contribution < -0.4 is 15.8 Å². The van der Waals surface area contributed by atoms with Crippen LogP contribution in [0.3, 0.4) is 0 Å². The Morgan fingerprint density at radius 2 is 1.85 bits per heavy atom. The Bertz CT molecular complexity index is 498. The van der Waals surface area contributed by atoms with Crippen LogP contribution in [0, 0.1) is 0 Å². The van der Waals surface area contributed by atoms with Crippen molar-refractivity contribution in [2.24, 2.45) is 5.73 Å². The Hall–Kier alpha value is -2.57. The van der Waals surface area contributed by atoms with Crippen molar-refractivity contribution in [1.82, 2.24) is 5.32 Å². The molecule has 0 aliphatic carbocycles. The fourth-order valence-electron chi connectivity index (χ4n) is 1.45. The Labute approximate surface area is 116 Å². The van der Waals surface area contributed by atoms with Crippen molar-refractivity contribution < 1.29 is 23.9 Å². The lowest BCUT2D eigenvalue weighted by molar-refractivity contribution is -0.145. The number of rotatable bonds is 6. The number of esters is 1. The van der Waals surface area contributed by atoms with Crippen LogP contribution in [-0.4, -0.2) is 37.5 Å². The predicted molar refractivity (Wildman–Crippen MR) is 70.1 cm³/mol. The largest absolute Gasteiger partial charge is 0.491 e. The number of nitrogens with one attached hydrogen (secondary N) is 1. The van der Waals surface area contributed by atoms with Gasteiger partial charge in [-0.1, -0.05) is 0 Å². The normalized spacial score (nSPS) is 11.3. The number of carbonyl (C=O) groups is 3. The first-order valence-corrected chi connectivity index (χ1v) is 5.81. The molecule has 0 saturated heterocycles. The van der Waals surface area contributed by atoms with Gasteiger partial charge in [0.05, 0.1) is 7.11 Å². The summed E-state index contributed by atoms with van der Waals surface area (Å²) < 4.78 is 9.92. The molecule has 2 amide bonds. The maximum Gasteiger partial charge on any atom is 0.331 e. The molecule has 1 unspecified atom stereocenters. The number of benzene rings is 1. The van der Waals surface area contributed by atoms with E-state index in [2.05, 4.69) is 10.1 Å². The zero-order valence-corrected chi connectivity index (χ0v) is 11.2. The molecule has 0 fully saturated rings. The fraction of sp³-hybridized carbons (Fsp3) is 0.308. The number of hydrogen-bond donors (Lipinski definition) is 2. The molecule has 0 saturated carbocycles. The first kappa shape index (κ1) is 15.5. The average Bonchev–Trinajstić information content (AvgIpc) is 2.42. The molecule has 0 heterocycles. The molecule has 20 heavy (non-hydrogen) atoms. The second-order valence-corrected chi connectivity index (χ2v) is 3.98. The molecule has 0 aliphatic heterocycles. The summed E-state index contributed by atoms with van der Waals surface area (Å²) in [7, 11) is 1.22. The van der Waals surface area contributed by atoms with E-state index in [-0.39, 0.29) is 12.5 Å². The van der Waals surface area contributed by atoms with Gasteiger partial charge in [-0.15, -0.1) is 0 Å². The van der Waals surface area contributed by atoms with Gasteiger partial charge in [0.2, 0.25) is 11.8 Å². The lowest BCUT2D eigenvalue weighted by Gasteiger charge is -2.16. The highest BCUT2D eigenvalue weighted by Crippen LogP contribution is 2.12. The van der Waals surface area contributed by atoms with Gasteiger partial charge in [-0.3, -0.25) is 9.59 Å². The smallest absolute Gasteiger partial charge is 0.331 e. The summed E-state index contributed by atoms with van der Waals surface area (Å²) in [4.78, 5) is 33.3. The lowest BCUT2D eigenvalue weighted by Crippen LogP contribution is -2.44. The van der Waals surface area contributed by atoms with Gasteiger partial charge in [0.1, 0.15) is 12.4 Å². The van der Waals surface area contributed by atoms with Crippen molar-refractivity contribution >= 4 is 17.8 Å². The summed E-state index contributed by atoms with van der Waals surface area (Å²) in [6.07, 6.45) is 0. The number of nitrogens with two attached hydrogens (primary N) is 1. The Balaban J connectivity index is 2.64. The Morgan fingerprint density at radius 3 is 2.30 bits per heavy atom. The van der Waals surface area contributed by atoms with Crippen LogP contribution in [0.1, 0.15) is 17.3 Å². The number of hydrogen-bond acceptors (Lipinski definition) is 5. The van der Waals surface area contributed by atoms with Crippen molar-refractivity contribution in [2.45, 2.75) is 13.0 Å². The minimum absolute atomic E-state index is 0.0812. The van der Waals surface area contributed by atoms with Crippen LogP contribution in [-0.2, 0) is 14.3 Å². The quantitative estimate of drug-likeness (QED) is 0.704. The molecule has 7 nitrogen and oxygen atoms in total. The maximum atomic E-state index is 11.4. The number of carbonyl (C=O) groups excluding carboxylic acids is 3. The Kier molecular flexibility index (Phi) is 5.52. The molecule has 0 aliphatic rings. The fourth-order valence-corrected chi connectivity index (χ4v) is 1.45. The third-order valence-corrected chi connectivity index (χ3v) is 2.42. The van der Waals surface area contributed by atoms with Gasteiger partial charge in [-0.05, 0) is 24.3 Å². The van der Waals surface area contributed by atoms with Crippen molar-refractivity contribution in [2.75, 3.05) is 13.7 Å². The van der Waals surface area contributed by atoms with Crippen molar-refractivity contribution in [1.29, 1.82) is 0 Å². The molecule has 7 heteroatoms. The van der Waals surface area contributed by atoms with Crippen molar-refractivity contribution in [3.63, 3.8) is 0 Å². The first-order valence-electron chi connectivity index (χ1n) is 5.81. The van der Waals surface area contributed by atoms with Gasteiger partial charge < -0.3 is 20.5 Å². The molecule has 1 aromatic rings. The van der Waals surface area contributed by atoms with Crippen LogP contribution in [0.4, 0.5) is 0 Å². The summed E-state index contributed by atoms with van der Waals surface area (Å²) in [5.41, 5.74) is 5.46. The maximum absolute atomic E-state index is 11.4. The van der Waals surface area contributed by atoms with Gasteiger partial charge in [0.15, 0.2) is 6.04 Å². The molecular formula is C13H16N2O5. The van der Waals surface area contributed by atoms with Crippen LogP contribution in [0.5, 0.6) is 5.75 Å². The second kappa shape index (κ2) is 7.13. The molecule has 1 rings (SSSR count). The molecule has 0 spiro atoms. The van der Waals surface area contributed by atoms with E-state index in [1.807, 2.05) is 0 Å². The van der Waals surface area contributed by atoms with E-state index in [4.69, 9.17) is 10.5 Å². The average molecular weight is 280 g/mol. The van der Waals surface area contributed by atoms with E-state index in [0.29, 0.717) is 11.3 Å². The molecule has 0 bridgehead atoms. The van der Waals surface area contributed by atoms with Gasteiger partial charge in [-0.2, -0.15) is 0 Å². The molecule has 0 aromatic heterocycles. The molecule has 1 atom stereocenters. The van der Waals surface area contributed by atoms with Crippen LogP contribution in [0.2, 0.25) is 0 Å². The van der Waals surface area contributed by atoms with E-state index < -0.39 is 17.9 Å². The minimum Gasteiger partial charge on any atom is -0.491 e. The van der Waals surface area contributed by atoms with Gasteiger partial charge in [-0.25, -0.2) is 4.79 Å². The minimum atomic E-state index is -0.895. The topological polar surface area (TPSA) is 108 Å². The van der Waals surface area contributed by atoms with E-state index in [0.717, 1.165) is 0 Å². The molecular weight excluding hydrogens is 264 g/mol. The number of methoxy groups -OCH3 is 1. The zero-order valence-electron chi connectivity index (χ0n) is 11.2. The lowest BCUT2D eigenvalue weighted by atomic mass is 10.2. The summed E-state index contributed by atoms with van der Waals surface area (Å²) in [5, 5.41) is 2.42. The standard InChI is InChI=1S/C13H16N2O5/c1-8(16)15-11(13(18)19-2)7-20-10-5-3-9(4-6-10)12(14)17/h3-6,11H,7H2,1-2H3,(H2,14,17)(H,15,16). The SMILES string of the molecule is COC(=O)C(COc1ccc(C(N)=O)cc1)NC(C)=O. The highest BCUT2D eigenvalue weighted by atomic mass is 16.5. The highest BCUT2D eigenvalue weighted by molar-refractivity contribution is 5.92. The third-order valence-electron chi connectivity index (χ3n) is 2.42. The van der Waals surface area contributed by atoms with Gasteiger partial charge >= 0.3 is 5.97 Å². The molecule has 108 valence electrons. The second-order valence-electron chi connectivity index (χ2n) is 3.98. The van der Waals surface area contributed by atoms with Crippen LogP contribution >= 0.6 is 0 Å². The Morgan fingerprint density at radius 1 is 1.25 bits per heavy atom. The zero-order chi connectivity index (χ0) is 15.1. The summed E-state index contributed by atoms with van der Waals surface area (Å²) in [6, 6.07) is 5.20. The molecule has 0 radical (unpaired) electrons. The highest BCUT2D eigenvalue weighted by Gasteiger charge is 2.20. The number of ether oxygens (including phenoxy) is 2. The van der Waals surface area contributed by atoms with Crippen molar-refractivity contribution in [3.05, 3.63) is 29.8 Å². The summed E-state index contributed by atoms with van der Waals surface area (Å²) >= 11 is 0. The van der Waals surface area contributed by atoms with Crippen LogP contribution in [0.15, 0.2) is 24.3 Å². The monoisotopic (exact) mass is 280 g/mol. The van der Waals surface area contributed by atoms with Gasteiger partial charge in [0.25, 0.3) is 0 Å². The van der Waals surface area contributed by atoms with E-state index >= 15 is 0 Å². The van der Waals surface area contributed by atoms with Crippen molar-refractivity contribution in [3.8, 4) is 5.75 Å². The van der Waals surface area contributed by atoms with E-state index in [9.17, 15) is 14.4 Å². The molecule has 1 aromatic carbocycles. The summed E-state index contributed by atoms with van der Waals surface area (Å²) in [6.45, 7) is 1.21. The predicted octanol–water partition coefficient (Wildman–Crippen LogP) is -0.158. The van der Waals surface area contributed by atoms with Crippen LogP contribution in [0.25, 0.3) is 0 Å². The third kappa shape index (κ3) is 4.60. The van der Waals surface area contributed by atoms with Gasteiger partial charge in [0, 0.05) is 12.5 Å². The number of amides is 2. The number of primary amides is 1. The summed E-state index contributed by atoms with van der Waals surface area (Å²) in [5.74, 6) is -1.07. The first-order chi connectivity index (χ1) is 9.43. The van der Waals surface area contributed by atoms with E-state index in [1.54, 1.807) is 12.1 Å².